The van der Waals surface area contributed by atoms with E-state index in [1.807, 2.05) is 0 Å². The number of hydrogen-bond donors (Lipinski definition) is 1. The van der Waals surface area contributed by atoms with Crippen molar-refractivity contribution >= 4 is 16.4 Å². The van der Waals surface area contributed by atoms with Gasteiger partial charge in [0.25, 0.3) is 0 Å². The third-order valence-electron chi connectivity index (χ3n) is 3.53. The molecular formula is C16H31FO6S. The summed E-state index contributed by atoms with van der Waals surface area (Å²) in [5.74, 6) is -0.542. The van der Waals surface area contributed by atoms with Gasteiger partial charge in [0.15, 0.2) is 0 Å². The van der Waals surface area contributed by atoms with Crippen molar-refractivity contribution in [2.45, 2.75) is 83.7 Å². The minimum absolute atomic E-state index is 0.211. The number of carbonyl (C=O) groups is 1. The molecule has 0 aliphatic rings. The molecule has 0 aromatic rings. The van der Waals surface area contributed by atoms with E-state index >= 15 is 0 Å². The quantitative estimate of drug-likeness (QED) is 0.251. The monoisotopic (exact) mass is 370 g/mol. The average Bonchev–Trinajstić information content (AvgIpc) is 2.46. The van der Waals surface area contributed by atoms with Gasteiger partial charge in [-0.15, -0.1) is 0 Å². The second-order valence-electron chi connectivity index (χ2n) is 5.98. The second kappa shape index (κ2) is 14.6. The third kappa shape index (κ3) is 17.6. The Labute approximate surface area is 145 Å². The zero-order chi connectivity index (χ0) is 18.3. The maximum atomic E-state index is 11.9. The van der Waals surface area contributed by atoms with Gasteiger partial charge in [-0.3, -0.25) is 13.7 Å². The molecule has 0 aliphatic carbocycles. The first kappa shape index (κ1) is 23.3. The second-order valence-corrected chi connectivity index (χ2v) is 7.03. The molecule has 0 aliphatic heterocycles. The smallest absolute Gasteiger partial charge is 0.397 e. The van der Waals surface area contributed by atoms with Crippen LogP contribution < -0.4 is 0 Å². The van der Waals surface area contributed by atoms with Gasteiger partial charge in [0.1, 0.15) is 0 Å². The molecule has 1 atom stereocenters. The number of unbranched alkanes of at least 4 members (excludes halogenated alkanes) is 9. The molecule has 0 amide bonds. The van der Waals surface area contributed by atoms with Crippen molar-refractivity contribution in [3.63, 3.8) is 0 Å². The van der Waals surface area contributed by atoms with Gasteiger partial charge in [0.05, 0.1) is 25.8 Å². The molecule has 1 unspecified atom stereocenters. The maximum absolute atomic E-state index is 11.9. The van der Waals surface area contributed by atoms with Crippen molar-refractivity contribution in [3.05, 3.63) is 0 Å². The first-order valence-electron chi connectivity index (χ1n) is 8.72. The van der Waals surface area contributed by atoms with E-state index in [9.17, 15) is 17.6 Å². The van der Waals surface area contributed by atoms with Crippen molar-refractivity contribution in [2.24, 2.45) is 0 Å². The fraction of sp³-hybridized carbons (Fsp3) is 0.938. The van der Waals surface area contributed by atoms with Gasteiger partial charge in [-0.1, -0.05) is 51.4 Å². The van der Waals surface area contributed by atoms with E-state index in [1.54, 1.807) is 0 Å². The van der Waals surface area contributed by atoms with Crippen LogP contribution in [-0.2, 0) is 24.1 Å². The molecule has 0 saturated carbocycles. The lowest BCUT2D eigenvalue weighted by Gasteiger charge is -2.09. The van der Waals surface area contributed by atoms with E-state index in [0.29, 0.717) is 13.0 Å². The summed E-state index contributed by atoms with van der Waals surface area (Å²) in [6.07, 6.45) is 9.13. The van der Waals surface area contributed by atoms with Crippen LogP contribution in [0.5, 0.6) is 0 Å². The SMILES string of the molecule is CC(CC(=O)OCCCCCCCCCCCCF)OS(=O)(=O)O. The summed E-state index contributed by atoms with van der Waals surface area (Å²) in [4.78, 5) is 11.4. The molecule has 0 aromatic carbocycles. The highest BCUT2D eigenvalue weighted by Crippen LogP contribution is 2.11. The Morgan fingerprint density at radius 1 is 0.958 bits per heavy atom. The number of hydrogen-bond acceptors (Lipinski definition) is 5. The van der Waals surface area contributed by atoms with Crippen molar-refractivity contribution in [2.75, 3.05) is 13.3 Å². The summed E-state index contributed by atoms with van der Waals surface area (Å²) >= 11 is 0. The molecule has 0 aromatic heterocycles. The molecule has 24 heavy (non-hydrogen) atoms. The standard InChI is InChI=1S/C16H31FO6S/c1-15(23-24(19,20)21)14-16(18)22-13-11-9-7-5-3-2-4-6-8-10-12-17/h15H,2-14H2,1H3,(H,19,20,21). The molecule has 8 heteroatoms. The van der Waals surface area contributed by atoms with E-state index in [2.05, 4.69) is 4.18 Å². The topological polar surface area (TPSA) is 89.9 Å². The molecule has 6 nitrogen and oxygen atoms in total. The molecule has 144 valence electrons. The van der Waals surface area contributed by atoms with Gasteiger partial charge in [0, 0.05) is 0 Å². The fourth-order valence-corrected chi connectivity index (χ4v) is 2.82. The van der Waals surface area contributed by atoms with E-state index in [4.69, 9.17) is 9.29 Å². The third-order valence-corrected chi connectivity index (χ3v) is 4.10. The lowest BCUT2D eigenvalue weighted by atomic mass is 10.1. The van der Waals surface area contributed by atoms with Gasteiger partial charge >= 0.3 is 16.4 Å². The number of halogens is 1. The Bertz CT molecular complexity index is 413. The van der Waals surface area contributed by atoms with Crippen LogP contribution in [0.3, 0.4) is 0 Å². The van der Waals surface area contributed by atoms with E-state index < -0.39 is 22.5 Å². The summed E-state index contributed by atoms with van der Waals surface area (Å²) in [5.41, 5.74) is 0. The molecule has 0 bridgehead atoms. The number of ether oxygens (including phenoxy) is 1. The zero-order valence-corrected chi connectivity index (χ0v) is 15.4. The van der Waals surface area contributed by atoms with Crippen LogP contribution in [0.1, 0.15) is 77.6 Å². The fourth-order valence-electron chi connectivity index (χ4n) is 2.33. The first-order valence-corrected chi connectivity index (χ1v) is 10.1. The predicted octanol–water partition coefficient (Wildman–Crippen LogP) is 4.00. The molecule has 0 rings (SSSR count). The normalized spacial score (nSPS) is 13.0. The number of alkyl halides is 1. The molecule has 0 spiro atoms. The van der Waals surface area contributed by atoms with Crippen LogP contribution in [0.15, 0.2) is 0 Å². The summed E-state index contributed by atoms with van der Waals surface area (Å²) in [7, 11) is -4.54. The Morgan fingerprint density at radius 3 is 1.88 bits per heavy atom. The lowest BCUT2D eigenvalue weighted by Crippen LogP contribution is -2.20. The van der Waals surface area contributed by atoms with Crippen LogP contribution in [-0.4, -0.2) is 38.3 Å². The maximum Gasteiger partial charge on any atom is 0.397 e. The van der Waals surface area contributed by atoms with Gasteiger partial charge in [-0.2, -0.15) is 8.42 Å². The summed E-state index contributed by atoms with van der Waals surface area (Å²) in [6, 6.07) is 0. The van der Waals surface area contributed by atoms with Crippen LogP contribution in [0.4, 0.5) is 4.39 Å². The molecule has 0 saturated heterocycles. The molecule has 0 heterocycles. The Morgan fingerprint density at radius 2 is 1.42 bits per heavy atom. The van der Waals surface area contributed by atoms with E-state index in [1.165, 1.54) is 26.2 Å². The average molecular weight is 370 g/mol. The molecular weight excluding hydrogens is 339 g/mol. The highest BCUT2D eigenvalue weighted by atomic mass is 32.3. The van der Waals surface area contributed by atoms with Crippen molar-refractivity contribution in [1.82, 2.24) is 0 Å². The van der Waals surface area contributed by atoms with Crippen LogP contribution in [0.25, 0.3) is 0 Å². The van der Waals surface area contributed by atoms with Crippen molar-refractivity contribution < 1.29 is 31.1 Å². The lowest BCUT2D eigenvalue weighted by molar-refractivity contribution is -0.145. The van der Waals surface area contributed by atoms with E-state index in [0.717, 1.165) is 38.5 Å². The molecule has 1 N–H and O–H groups in total. The number of rotatable bonds is 16. The largest absolute Gasteiger partial charge is 0.466 e. The van der Waals surface area contributed by atoms with Crippen molar-refractivity contribution in [3.8, 4) is 0 Å². The first-order chi connectivity index (χ1) is 11.3. The van der Waals surface area contributed by atoms with Crippen LogP contribution in [0.2, 0.25) is 0 Å². The van der Waals surface area contributed by atoms with Crippen molar-refractivity contribution in [1.29, 1.82) is 0 Å². The zero-order valence-electron chi connectivity index (χ0n) is 14.5. The Kier molecular flexibility index (Phi) is 14.2. The Hall–Kier alpha value is -0.730. The highest BCUT2D eigenvalue weighted by molar-refractivity contribution is 7.80. The van der Waals surface area contributed by atoms with Gasteiger partial charge < -0.3 is 4.74 Å². The summed E-state index contributed by atoms with van der Waals surface area (Å²) in [5, 5.41) is 0. The van der Waals surface area contributed by atoms with Crippen LogP contribution >= 0.6 is 0 Å². The summed E-state index contributed by atoms with van der Waals surface area (Å²) in [6.45, 7) is 1.46. The minimum Gasteiger partial charge on any atom is -0.466 e. The van der Waals surface area contributed by atoms with E-state index in [-0.39, 0.29) is 13.1 Å². The number of carbonyl (C=O) groups excluding carboxylic acids is 1. The number of esters is 1. The summed E-state index contributed by atoms with van der Waals surface area (Å²) < 4.78 is 50.5. The highest BCUT2D eigenvalue weighted by Gasteiger charge is 2.16. The van der Waals surface area contributed by atoms with Gasteiger partial charge in [-0.25, -0.2) is 4.18 Å². The molecule has 0 fully saturated rings. The molecule has 0 radical (unpaired) electrons. The minimum atomic E-state index is -4.54. The Balaban J connectivity index is 3.36. The van der Waals surface area contributed by atoms with Gasteiger partial charge in [0.2, 0.25) is 0 Å². The predicted molar refractivity (Wildman–Crippen MR) is 89.8 cm³/mol. The van der Waals surface area contributed by atoms with Gasteiger partial charge in [-0.05, 0) is 19.8 Å². The van der Waals surface area contributed by atoms with Crippen LogP contribution in [0, 0.1) is 0 Å².